The van der Waals surface area contributed by atoms with Crippen LogP contribution in [-0.2, 0) is 0 Å². The molecule has 0 bridgehead atoms. The third-order valence-electron chi connectivity index (χ3n) is 3.40. The first-order valence-corrected chi connectivity index (χ1v) is 6.45. The van der Waals surface area contributed by atoms with Crippen LogP contribution in [0.4, 0.5) is 5.82 Å². The van der Waals surface area contributed by atoms with E-state index in [1.165, 1.54) is 32.1 Å². The van der Waals surface area contributed by atoms with Crippen molar-refractivity contribution in [3.05, 3.63) is 17.8 Å². The molecule has 0 unspecified atom stereocenters. The highest BCUT2D eigenvalue weighted by Gasteiger charge is 2.15. The largest absolute Gasteiger partial charge is 0.409 e. The normalized spacial score (nSPS) is 16.8. The van der Waals surface area contributed by atoms with Gasteiger partial charge in [0.2, 0.25) is 0 Å². The molecule has 1 fully saturated rings. The lowest BCUT2D eigenvalue weighted by atomic mass is 10.2. The molecule has 0 atom stereocenters. The van der Waals surface area contributed by atoms with Crippen LogP contribution in [0.5, 0.6) is 0 Å². The van der Waals surface area contributed by atoms with Crippen LogP contribution in [0.3, 0.4) is 0 Å². The van der Waals surface area contributed by atoms with Crippen LogP contribution in [0.15, 0.2) is 17.4 Å². The lowest BCUT2D eigenvalue weighted by Gasteiger charge is -2.23. The van der Waals surface area contributed by atoms with E-state index < -0.39 is 0 Å². The SMILES string of the molecule is CN(CCN1CCCC1)c1nnccc1/C(N)=N/O. The number of aromatic nitrogens is 2. The highest BCUT2D eigenvalue weighted by atomic mass is 16.4. The predicted octanol–water partition coefficient (Wildman–Crippen LogP) is 0.103. The van der Waals surface area contributed by atoms with E-state index in [4.69, 9.17) is 10.9 Å². The zero-order valence-corrected chi connectivity index (χ0v) is 11.2. The van der Waals surface area contributed by atoms with Gasteiger partial charge in [-0.25, -0.2) is 0 Å². The van der Waals surface area contributed by atoms with Crippen molar-refractivity contribution in [1.82, 2.24) is 15.1 Å². The van der Waals surface area contributed by atoms with Gasteiger partial charge in [-0.05, 0) is 32.0 Å². The van der Waals surface area contributed by atoms with Gasteiger partial charge >= 0.3 is 0 Å². The second-order valence-electron chi connectivity index (χ2n) is 4.72. The molecule has 3 N–H and O–H groups in total. The van der Waals surface area contributed by atoms with Gasteiger partial charge in [0.25, 0.3) is 0 Å². The number of likely N-dealkylation sites (tertiary alicyclic amines) is 1. The van der Waals surface area contributed by atoms with E-state index in [2.05, 4.69) is 20.3 Å². The minimum Gasteiger partial charge on any atom is -0.409 e. The van der Waals surface area contributed by atoms with Gasteiger partial charge in [0.05, 0.1) is 11.8 Å². The van der Waals surface area contributed by atoms with Crippen molar-refractivity contribution in [2.45, 2.75) is 12.8 Å². The maximum atomic E-state index is 8.78. The van der Waals surface area contributed by atoms with Crippen LogP contribution in [0.2, 0.25) is 0 Å². The molecular weight excluding hydrogens is 244 g/mol. The van der Waals surface area contributed by atoms with Crippen molar-refractivity contribution < 1.29 is 5.21 Å². The van der Waals surface area contributed by atoms with Crippen molar-refractivity contribution in [1.29, 1.82) is 0 Å². The molecule has 1 saturated heterocycles. The molecule has 0 aromatic carbocycles. The van der Waals surface area contributed by atoms with E-state index in [9.17, 15) is 0 Å². The second kappa shape index (κ2) is 6.33. The molecule has 1 aromatic rings. The Balaban J connectivity index is 2.03. The molecule has 2 heterocycles. The number of anilines is 1. The van der Waals surface area contributed by atoms with E-state index in [0.717, 1.165) is 13.1 Å². The number of amidine groups is 1. The fourth-order valence-corrected chi connectivity index (χ4v) is 2.26. The highest BCUT2D eigenvalue weighted by Crippen LogP contribution is 2.15. The van der Waals surface area contributed by atoms with E-state index in [1.807, 2.05) is 11.9 Å². The average molecular weight is 264 g/mol. The number of nitrogens with zero attached hydrogens (tertiary/aromatic N) is 5. The van der Waals surface area contributed by atoms with Gasteiger partial charge in [0, 0.05) is 20.1 Å². The van der Waals surface area contributed by atoms with Crippen LogP contribution in [0, 0.1) is 0 Å². The summed E-state index contributed by atoms with van der Waals surface area (Å²) in [5, 5.41) is 19.8. The summed E-state index contributed by atoms with van der Waals surface area (Å²) in [6, 6.07) is 1.70. The maximum absolute atomic E-state index is 8.78. The molecule has 2 rings (SSSR count). The molecule has 104 valence electrons. The quantitative estimate of drug-likeness (QED) is 0.339. The smallest absolute Gasteiger partial charge is 0.173 e. The molecule has 1 aliphatic rings. The van der Waals surface area contributed by atoms with Crippen molar-refractivity contribution >= 4 is 11.7 Å². The fraction of sp³-hybridized carbons (Fsp3) is 0.583. The Hall–Kier alpha value is -1.89. The molecule has 1 aromatic heterocycles. The van der Waals surface area contributed by atoms with Crippen LogP contribution in [-0.4, -0.2) is 59.4 Å². The van der Waals surface area contributed by atoms with Gasteiger partial charge < -0.3 is 20.7 Å². The van der Waals surface area contributed by atoms with Crippen LogP contribution < -0.4 is 10.6 Å². The van der Waals surface area contributed by atoms with Crippen LogP contribution >= 0.6 is 0 Å². The number of hydrogen-bond acceptors (Lipinski definition) is 6. The van der Waals surface area contributed by atoms with E-state index in [-0.39, 0.29) is 5.84 Å². The Morgan fingerprint density at radius 1 is 1.53 bits per heavy atom. The molecule has 19 heavy (non-hydrogen) atoms. The predicted molar refractivity (Wildman–Crippen MR) is 73.5 cm³/mol. The lowest BCUT2D eigenvalue weighted by molar-refractivity contribution is 0.318. The number of oxime groups is 1. The van der Waals surface area contributed by atoms with E-state index in [1.54, 1.807) is 6.07 Å². The van der Waals surface area contributed by atoms with Crippen molar-refractivity contribution in [3.63, 3.8) is 0 Å². The monoisotopic (exact) mass is 264 g/mol. The summed E-state index contributed by atoms with van der Waals surface area (Å²) in [6.07, 6.45) is 4.10. The first-order valence-electron chi connectivity index (χ1n) is 6.45. The maximum Gasteiger partial charge on any atom is 0.173 e. The Morgan fingerprint density at radius 3 is 2.95 bits per heavy atom. The van der Waals surface area contributed by atoms with Crippen molar-refractivity contribution in [2.75, 3.05) is 38.1 Å². The zero-order valence-electron chi connectivity index (χ0n) is 11.2. The van der Waals surface area contributed by atoms with Crippen molar-refractivity contribution in [3.8, 4) is 0 Å². The van der Waals surface area contributed by atoms with Gasteiger partial charge in [-0.3, -0.25) is 0 Å². The zero-order chi connectivity index (χ0) is 13.7. The first kappa shape index (κ1) is 13.5. The van der Waals surface area contributed by atoms with Crippen LogP contribution in [0.1, 0.15) is 18.4 Å². The number of likely N-dealkylation sites (N-methyl/N-ethyl adjacent to an activating group) is 1. The first-order chi connectivity index (χ1) is 9.22. The van der Waals surface area contributed by atoms with E-state index in [0.29, 0.717) is 11.4 Å². The average Bonchev–Trinajstić information content (AvgIpc) is 2.97. The Labute approximate surface area is 112 Å². The van der Waals surface area contributed by atoms with Gasteiger partial charge in [-0.1, -0.05) is 5.16 Å². The number of rotatable bonds is 5. The van der Waals surface area contributed by atoms with Gasteiger partial charge in [-0.2, -0.15) is 5.10 Å². The molecule has 7 heteroatoms. The number of hydrogen-bond donors (Lipinski definition) is 2. The Morgan fingerprint density at radius 2 is 2.26 bits per heavy atom. The molecule has 0 amide bonds. The minimum atomic E-state index is 0.0536. The molecular formula is C12H20N6O. The lowest BCUT2D eigenvalue weighted by Crippen LogP contribution is -2.33. The third kappa shape index (κ3) is 3.31. The summed E-state index contributed by atoms with van der Waals surface area (Å²) in [4.78, 5) is 4.41. The fourth-order valence-electron chi connectivity index (χ4n) is 2.26. The summed E-state index contributed by atoms with van der Waals surface area (Å²) in [6.45, 7) is 4.16. The summed E-state index contributed by atoms with van der Waals surface area (Å²) in [5.74, 6) is 0.690. The summed E-state index contributed by atoms with van der Waals surface area (Å²) < 4.78 is 0. The topological polar surface area (TPSA) is 90.9 Å². The second-order valence-corrected chi connectivity index (χ2v) is 4.72. The summed E-state index contributed by atoms with van der Waals surface area (Å²) >= 11 is 0. The molecule has 0 radical (unpaired) electrons. The third-order valence-corrected chi connectivity index (χ3v) is 3.40. The molecule has 0 spiro atoms. The molecule has 0 aliphatic carbocycles. The Bertz CT molecular complexity index is 444. The highest BCUT2D eigenvalue weighted by molar-refractivity contribution is 6.01. The molecule has 0 saturated carbocycles. The van der Waals surface area contributed by atoms with Gasteiger partial charge in [0.1, 0.15) is 0 Å². The summed E-state index contributed by atoms with van der Waals surface area (Å²) in [5.41, 5.74) is 6.24. The van der Waals surface area contributed by atoms with Crippen LogP contribution in [0.25, 0.3) is 0 Å². The minimum absolute atomic E-state index is 0.0536. The summed E-state index contributed by atoms with van der Waals surface area (Å²) in [7, 11) is 1.94. The molecule has 7 nitrogen and oxygen atoms in total. The Kier molecular flexibility index (Phi) is 4.51. The number of nitrogens with two attached hydrogens (primary N) is 1. The van der Waals surface area contributed by atoms with Crippen molar-refractivity contribution in [2.24, 2.45) is 10.9 Å². The molecule has 1 aliphatic heterocycles. The standard InChI is InChI=1S/C12H20N6O/c1-17(8-9-18-6-2-3-7-18)12-10(11(13)16-19)4-5-14-15-12/h4-5,19H,2-3,6-9H2,1H3,(H2,13,16). The van der Waals surface area contributed by atoms with Gasteiger partial charge in [-0.15, -0.1) is 5.10 Å². The van der Waals surface area contributed by atoms with E-state index >= 15 is 0 Å². The van der Waals surface area contributed by atoms with Gasteiger partial charge in [0.15, 0.2) is 11.7 Å².